The largest absolute Gasteiger partial charge is 0.397 e. The summed E-state index contributed by atoms with van der Waals surface area (Å²) in [4.78, 5) is 15.8. The number of hydrogen-bond acceptors (Lipinski definition) is 4. The number of aromatic nitrogens is 1. The number of nitrogen functional groups attached to an aromatic ring is 1. The van der Waals surface area contributed by atoms with Gasteiger partial charge in [0.1, 0.15) is 0 Å². The Morgan fingerprint density at radius 2 is 2.31 bits per heavy atom. The van der Waals surface area contributed by atoms with Crippen LogP contribution in [-0.4, -0.2) is 10.9 Å². The first-order valence-electron chi connectivity index (χ1n) is 4.43. The summed E-state index contributed by atoms with van der Waals surface area (Å²) in [5, 5.41) is 5.03. The Labute approximate surface area is 105 Å². The zero-order valence-corrected chi connectivity index (χ0v) is 10.5. The van der Waals surface area contributed by atoms with Crippen molar-refractivity contribution in [1.29, 1.82) is 0 Å². The van der Waals surface area contributed by atoms with Crippen molar-refractivity contribution in [3.63, 3.8) is 0 Å². The second-order valence-electron chi connectivity index (χ2n) is 2.99. The number of carbonyl (C=O) groups excluding carboxylic acids is 1. The fraction of sp³-hybridized carbons (Fsp3) is 0. The summed E-state index contributed by atoms with van der Waals surface area (Å²) in [5.74, 6) is -0.256. The third kappa shape index (κ3) is 2.23. The topological polar surface area (TPSA) is 68.0 Å². The predicted octanol–water partition coefficient (Wildman–Crippen LogP) is 2.74. The van der Waals surface area contributed by atoms with E-state index in [1.807, 2.05) is 0 Å². The minimum atomic E-state index is -0.256. The Morgan fingerprint density at radius 1 is 1.50 bits per heavy atom. The van der Waals surface area contributed by atoms with Crippen LogP contribution in [0.1, 0.15) is 10.4 Å². The van der Waals surface area contributed by atoms with Crippen molar-refractivity contribution in [2.45, 2.75) is 0 Å². The minimum absolute atomic E-state index is 0.256. The molecule has 0 saturated heterocycles. The van der Waals surface area contributed by atoms with Gasteiger partial charge in [0.25, 0.3) is 5.91 Å². The monoisotopic (exact) mass is 297 g/mol. The number of benzene rings is 1. The number of para-hydroxylation sites is 1. The fourth-order valence-corrected chi connectivity index (χ4v) is 2.07. The lowest BCUT2D eigenvalue weighted by Crippen LogP contribution is -2.13. The lowest BCUT2D eigenvalue weighted by molar-refractivity contribution is 0.102. The molecule has 0 bridgehead atoms. The summed E-state index contributed by atoms with van der Waals surface area (Å²) in [6, 6.07) is 5.22. The van der Waals surface area contributed by atoms with Gasteiger partial charge in [0.2, 0.25) is 0 Å². The maximum absolute atomic E-state index is 11.8. The van der Waals surface area contributed by atoms with Gasteiger partial charge in [-0.15, -0.1) is 11.3 Å². The summed E-state index contributed by atoms with van der Waals surface area (Å²) in [7, 11) is 0. The highest BCUT2D eigenvalue weighted by Gasteiger charge is 2.12. The van der Waals surface area contributed by atoms with Crippen LogP contribution in [0.2, 0.25) is 0 Å². The number of thiazole rings is 1. The van der Waals surface area contributed by atoms with E-state index in [-0.39, 0.29) is 5.91 Å². The Balaban J connectivity index is 2.24. The highest BCUT2D eigenvalue weighted by Crippen LogP contribution is 2.24. The first-order valence-corrected chi connectivity index (χ1v) is 6.10. The van der Waals surface area contributed by atoms with Crippen LogP contribution in [0.15, 0.2) is 34.2 Å². The molecule has 3 N–H and O–H groups in total. The summed E-state index contributed by atoms with van der Waals surface area (Å²) in [5.41, 5.74) is 6.65. The van der Waals surface area contributed by atoms with Crippen molar-refractivity contribution in [3.05, 3.63) is 39.8 Å². The maximum Gasteiger partial charge on any atom is 0.259 e. The SMILES string of the molecule is Nc1c(Br)cccc1C(=O)Nc1nccs1. The Kier molecular flexibility index (Phi) is 3.21. The zero-order valence-electron chi connectivity index (χ0n) is 8.11. The van der Waals surface area contributed by atoms with Crippen LogP contribution in [0.5, 0.6) is 0 Å². The molecule has 2 rings (SSSR count). The maximum atomic E-state index is 11.8. The molecule has 0 aliphatic rings. The lowest BCUT2D eigenvalue weighted by atomic mass is 10.2. The smallest absolute Gasteiger partial charge is 0.259 e. The number of hydrogen-bond donors (Lipinski definition) is 2. The van der Waals surface area contributed by atoms with E-state index in [2.05, 4.69) is 26.2 Å². The standard InChI is InChI=1S/C10H8BrN3OS/c11-7-3-1-2-6(8(7)12)9(15)14-10-13-4-5-16-10/h1-5H,12H2,(H,13,14,15). The van der Waals surface area contributed by atoms with Crippen molar-refractivity contribution in [2.75, 3.05) is 11.1 Å². The molecule has 0 aliphatic heterocycles. The van der Waals surface area contributed by atoms with Gasteiger partial charge in [-0.2, -0.15) is 0 Å². The van der Waals surface area contributed by atoms with E-state index in [1.54, 1.807) is 29.8 Å². The number of amides is 1. The minimum Gasteiger partial charge on any atom is -0.397 e. The van der Waals surface area contributed by atoms with Gasteiger partial charge in [-0.1, -0.05) is 6.07 Å². The molecule has 4 nitrogen and oxygen atoms in total. The van der Waals surface area contributed by atoms with Crippen LogP contribution in [0.25, 0.3) is 0 Å². The van der Waals surface area contributed by atoms with Crippen molar-refractivity contribution < 1.29 is 4.79 Å². The van der Waals surface area contributed by atoms with Crippen LogP contribution in [-0.2, 0) is 0 Å². The molecule has 0 radical (unpaired) electrons. The second-order valence-corrected chi connectivity index (χ2v) is 4.74. The Morgan fingerprint density at radius 3 is 3.00 bits per heavy atom. The van der Waals surface area contributed by atoms with Crippen molar-refractivity contribution >= 4 is 44.0 Å². The highest BCUT2D eigenvalue weighted by molar-refractivity contribution is 9.10. The molecule has 0 saturated carbocycles. The molecule has 1 aromatic carbocycles. The van der Waals surface area contributed by atoms with Crippen LogP contribution in [0.4, 0.5) is 10.8 Å². The number of nitrogens with one attached hydrogen (secondary N) is 1. The van der Waals surface area contributed by atoms with Crippen LogP contribution >= 0.6 is 27.3 Å². The quantitative estimate of drug-likeness (QED) is 0.838. The summed E-state index contributed by atoms with van der Waals surface area (Å²) >= 11 is 4.63. The van der Waals surface area contributed by atoms with Gasteiger partial charge < -0.3 is 5.73 Å². The van der Waals surface area contributed by atoms with E-state index in [4.69, 9.17) is 5.73 Å². The van der Waals surface area contributed by atoms with Crippen molar-refractivity contribution in [3.8, 4) is 0 Å². The number of rotatable bonds is 2. The van der Waals surface area contributed by atoms with Crippen molar-refractivity contribution in [1.82, 2.24) is 4.98 Å². The lowest BCUT2D eigenvalue weighted by Gasteiger charge is -2.06. The van der Waals surface area contributed by atoms with E-state index < -0.39 is 0 Å². The molecule has 1 heterocycles. The molecule has 0 unspecified atom stereocenters. The fourth-order valence-electron chi connectivity index (χ4n) is 1.18. The number of halogens is 1. The van der Waals surface area contributed by atoms with Crippen molar-refractivity contribution in [2.24, 2.45) is 0 Å². The molecular weight excluding hydrogens is 290 g/mol. The van der Waals surface area contributed by atoms with Gasteiger partial charge in [0, 0.05) is 16.0 Å². The first kappa shape index (κ1) is 11.1. The molecule has 0 atom stereocenters. The molecule has 0 aliphatic carbocycles. The van der Waals surface area contributed by atoms with E-state index >= 15 is 0 Å². The molecule has 16 heavy (non-hydrogen) atoms. The first-order chi connectivity index (χ1) is 7.68. The molecule has 6 heteroatoms. The Bertz CT molecular complexity index is 513. The molecule has 82 valence electrons. The molecular formula is C10H8BrN3OS. The van der Waals surface area contributed by atoms with Gasteiger partial charge in [-0.3, -0.25) is 10.1 Å². The van der Waals surface area contributed by atoms with Gasteiger partial charge in [0.05, 0.1) is 11.3 Å². The third-order valence-electron chi connectivity index (χ3n) is 1.95. The Hall–Kier alpha value is -1.40. The number of anilines is 2. The van der Waals surface area contributed by atoms with Crippen LogP contribution in [0, 0.1) is 0 Å². The molecule has 1 amide bonds. The third-order valence-corrected chi connectivity index (χ3v) is 3.33. The van der Waals surface area contributed by atoms with E-state index in [0.29, 0.717) is 20.9 Å². The molecule has 1 aromatic heterocycles. The number of carbonyl (C=O) groups is 1. The molecule has 2 aromatic rings. The molecule has 0 spiro atoms. The average Bonchev–Trinajstić information content (AvgIpc) is 2.74. The van der Waals surface area contributed by atoms with Crippen LogP contribution < -0.4 is 11.1 Å². The zero-order chi connectivity index (χ0) is 11.5. The summed E-state index contributed by atoms with van der Waals surface area (Å²) in [6.07, 6.45) is 1.63. The van der Waals surface area contributed by atoms with Gasteiger partial charge in [0.15, 0.2) is 5.13 Å². The molecule has 0 fully saturated rings. The summed E-state index contributed by atoms with van der Waals surface area (Å²) < 4.78 is 0.708. The van der Waals surface area contributed by atoms with E-state index in [9.17, 15) is 4.79 Å². The van der Waals surface area contributed by atoms with Gasteiger partial charge >= 0.3 is 0 Å². The van der Waals surface area contributed by atoms with E-state index in [0.717, 1.165) is 0 Å². The average molecular weight is 298 g/mol. The predicted molar refractivity (Wildman–Crippen MR) is 68.6 cm³/mol. The van der Waals surface area contributed by atoms with E-state index in [1.165, 1.54) is 11.3 Å². The van der Waals surface area contributed by atoms with Crippen LogP contribution in [0.3, 0.4) is 0 Å². The highest BCUT2D eigenvalue weighted by atomic mass is 79.9. The number of nitrogens with zero attached hydrogens (tertiary/aromatic N) is 1. The number of nitrogens with two attached hydrogens (primary N) is 1. The van der Waals surface area contributed by atoms with Gasteiger partial charge in [-0.25, -0.2) is 4.98 Å². The van der Waals surface area contributed by atoms with Gasteiger partial charge in [-0.05, 0) is 28.1 Å². The normalized spacial score (nSPS) is 10.1. The summed E-state index contributed by atoms with van der Waals surface area (Å²) in [6.45, 7) is 0. The second kappa shape index (κ2) is 4.63.